The van der Waals surface area contributed by atoms with Gasteiger partial charge in [-0.1, -0.05) is 12.1 Å². The highest BCUT2D eigenvalue weighted by atomic mass is 16.5. The molecule has 2 aromatic carbocycles. The van der Waals surface area contributed by atoms with E-state index in [1.807, 2.05) is 43.3 Å². The Kier molecular flexibility index (Phi) is 6.21. The second-order valence-electron chi connectivity index (χ2n) is 10.3. The van der Waals surface area contributed by atoms with E-state index in [0.29, 0.717) is 41.3 Å². The molecule has 9 nitrogen and oxygen atoms in total. The number of methoxy groups -OCH3 is 1. The maximum Gasteiger partial charge on any atom is 0.354 e. The fraction of sp³-hybridized carbons (Fsp3) is 0.333. The number of ether oxygens (including phenoxy) is 2. The highest BCUT2D eigenvalue weighted by Crippen LogP contribution is 2.42. The number of carbonyl (C=O) groups excluding carboxylic acids is 2. The number of fused-ring (bicyclic) bond motifs is 2. The molecule has 1 unspecified atom stereocenters. The Morgan fingerprint density at radius 3 is 2.56 bits per heavy atom. The second-order valence-corrected chi connectivity index (χ2v) is 10.3. The van der Waals surface area contributed by atoms with Crippen molar-refractivity contribution < 1.29 is 29.0 Å². The number of benzene rings is 2. The highest BCUT2D eigenvalue weighted by Gasteiger charge is 2.36. The summed E-state index contributed by atoms with van der Waals surface area (Å²) in [6.07, 6.45) is 5.95. The molecule has 1 saturated carbocycles. The Morgan fingerprint density at radius 2 is 1.82 bits per heavy atom. The molecule has 1 atom stereocenters. The van der Waals surface area contributed by atoms with Gasteiger partial charge >= 0.3 is 5.97 Å². The molecule has 1 aromatic heterocycles. The van der Waals surface area contributed by atoms with E-state index in [9.17, 15) is 19.5 Å². The van der Waals surface area contributed by atoms with Crippen molar-refractivity contribution in [3.05, 3.63) is 82.2 Å². The number of hydrogen-bond donors (Lipinski definition) is 1. The maximum absolute atomic E-state index is 13.7. The molecular formula is C30H29N3O6. The third-order valence-electron chi connectivity index (χ3n) is 7.88. The summed E-state index contributed by atoms with van der Waals surface area (Å²) in [5.74, 6) is -0.237. The standard InChI is InChI=1S/C30H29N3O6/c1-17-22-9-7-18(15-32-16-19-14-31-25(30(36)37)13-23(19)28(32)34)11-24(22)29(35)33(17)20-8-10-26(38-2)27(12-20)39-21-5-3-4-6-21/h7-14,17,21H,3-6,15-16H2,1-2H3,(H,36,37). The van der Waals surface area contributed by atoms with Crippen molar-refractivity contribution in [2.24, 2.45) is 0 Å². The molecular weight excluding hydrogens is 498 g/mol. The zero-order valence-electron chi connectivity index (χ0n) is 21.8. The number of rotatable bonds is 7. The lowest BCUT2D eigenvalue weighted by Crippen LogP contribution is -2.26. The van der Waals surface area contributed by atoms with Crippen LogP contribution in [0.4, 0.5) is 5.69 Å². The molecule has 1 N–H and O–H groups in total. The molecule has 9 heteroatoms. The number of carboxylic acid groups (broad SMARTS) is 1. The van der Waals surface area contributed by atoms with Crippen LogP contribution in [0.3, 0.4) is 0 Å². The molecule has 2 aliphatic heterocycles. The van der Waals surface area contributed by atoms with E-state index in [1.165, 1.54) is 12.3 Å². The minimum Gasteiger partial charge on any atom is -0.493 e. The molecule has 0 bridgehead atoms. The summed E-state index contributed by atoms with van der Waals surface area (Å²) < 4.78 is 11.8. The van der Waals surface area contributed by atoms with Gasteiger partial charge in [0.15, 0.2) is 11.5 Å². The number of carboxylic acids is 1. The number of anilines is 1. The predicted octanol–water partition coefficient (Wildman–Crippen LogP) is 4.99. The van der Waals surface area contributed by atoms with Crippen LogP contribution in [0.25, 0.3) is 0 Å². The van der Waals surface area contributed by atoms with E-state index in [-0.39, 0.29) is 29.7 Å². The molecule has 1 fully saturated rings. The normalized spacial score (nSPS) is 18.5. The average molecular weight is 528 g/mol. The van der Waals surface area contributed by atoms with Gasteiger partial charge in [-0.2, -0.15) is 0 Å². The zero-order chi connectivity index (χ0) is 27.3. The quantitative estimate of drug-likeness (QED) is 0.461. The summed E-state index contributed by atoms with van der Waals surface area (Å²) in [6, 6.07) is 12.5. The number of nitrogens with zero attached hydrogens (tertiary/aromatic N) is 3. The Bertz CT molecular complexity index is 1500. The molecule has 3 aromatic rings. The molecule has 1 aliphatic carbocycles. The smallest absolute Gasteiger partial charge is 0.354 e. The van der Waals surface area contributed by atoms with Gasteiger partial charge in [-0.05, 0) is 68.0 Å². The van der Waals surface area contributed by atoms with E-state index in [4.69, 9.17) is 9.47 Å². The van der Waals surface area contributed by atoms with Crippen molar-refractivity contribution in [3.8, 4) is 11.5 Å². The number of carbonyl (C=O) groups is 3. The molecule has 3 aliphatic rings. The first kappa shape index (κ1) is 24.9. The van der Waals surface area contributed by atoms with Gasteiger partial charge < -0.3 is 24.4 Å². The van der Waals surface area contributed by atoms with Crippen LogP contribution in [-0.4, -0.2) is 46.0 Å². The largest absolute Gasteiger partial charge is 0.493 e. The van der Waals surface area contributed by atoms with Gasteiger partial charge in [-0.25, -0.2) is 9.78 Å². The van der Waals surface area contributed by atoms with Crippen molar-refractivity contribution in [2.45, 2.75) is 57.8 Å². The monoisotopic (exact) mass is 527 g/mol. The third-order valence-corrected chi connectivity index (χ3v) is 7.88. The van der Waals surface area contributed by atoms with Gasteiger partial charge in [-0.15, -0.1) is 0 Å². The van der Waals surface area contributed by atoms with E-state index >= 15 is 0 Å². The molecule has 0 radical (unpaired) electrons. The van der Waals surface area contributed by atoms with Crippen molar-refractivity contribution in [2.75, 3.05) is 12.0 Å². The highest BCUT2D eigenvalue weighted by molar-refractivity contribution is 6.11. The van der Waals surface area contributed by atoms with Gasteiger partial charge in [0.25, 0.3) is 11.8 Å². The summed E-state index contributed by atoms with van der Waals surface area (Å²) in [5.41, 5.74) is 3.98. The first-order valence-electron chi connectivity index (χ1n) is 13.2. The first-order valence-corrected chi connectivity index (χ1v) is 13.2. The topological polar surface area (TPSA) is 109 Å². The lowest BCUT2D eigenvalue weighted by molar-refractivity contribution is 0.0690. The average Bonchev–Trinajstić information content (AvgIpc) is 3.62. The van der Waals surface area contributed by atoms with Gasteiger partial charge in [0.1, 0.15) is 5.69 Å². The first-order chi connectivity index (χ1) is 18.8. The van der Waals surface area contributed by atoms with Crippen LogP contribution in [0.5, 0.6) is 11.5 Å². The molecule has 39 heavy (non-hydrogen) atoms. The van der Waals surface area contributed by atoms with Crippen LogP contribution in [0.15, 0.2) is 48.7 Å². The summed E-state index contributed by atoms with van der Waals surface area (Å²) in [5, 5.41) is 9.21. The predicted molar refractivity (Wildman–Crippen MR) is 142 cm³/mol. The molecule has 200 valence electrons. The van der Waals surface area contributed by atoms with Crippen LogP contribution in [0, 0.1) is 0 Å². The number of aromatic nitrogens is 1. The van der Waals surface area contributed by atoms with Crippen molar-refractivity contribution in [3.63, 3.8) is 0 Å². The van der Waals surface area contributed by atoms with Crippen molar-refractivity contribution in [1.29, 1.82) is 0 Å². The summed E-state index contributed by atoms with van der Waals surface area (Å²) >= 11 is 0. The summed E-state index contributed by atoms with van der Waals surface area (Å²) in [7, 11) is 1.61. The summed E-state index contributed by atoms with van der Waals surface area (Å²) in [4.78, 5) is 45.2. The Hall–Kier alpha value is -4.40. The van der Waals surface area contributed by atoms with E-state index in [1.54, 1.807) is 16.9 Å². The van der Waals surface area contributed by atoms with Crippen molar-refractivity contribution in [1.82, 2.24) is 9.88 Å². The molecule has 2 amide bonds. The van der Waals surface area contributed by atoms with E-state index in [2.05, 4.69) is 4.98 Å². The Morgan fingerprint density at radius 1 is 1.03 bits per heavy atom. The van der Waals surface area contributed by atoms with E-state index < -0.39 is 5.97 Å². The fourth-order valence-electron chi connectivity index (χ4n) is 5.85. The Labute approximate surface area is 226 Å². The third kappa shape index (κ3) is 4.37. The van der Waals surface area contributed by atoms with Crippen LogP contribution >= 0.6 is 0 Å². The number of aromatic carboxylic acids is 1. The van der Waals surface area contributed by atoms with Gasteiger partial charge in [0.05, 0.1) is 19.3 Å². The van der Waals surface area contributed by atoms with Crippen LogP contribution < -0.4 is 14.4 Å². The van der Waals surface area contributed by atoms with Crippen LogP contribution in [-0.2, 0) is 13.1 Å². The molecule has 0 saturated heterocycles. The zero-order valence-corrected chi connectivity index (χ0v) is 21.8. The van der Waals surface area contributed by atoms with E-state index in [0.717, 1.165) is 42.5 Å². The Balaban J connectivity index is 1.23. The summed E-state index contributed by atoms with van der Waals surface area (Å²) in [6.45, 7) is 2.63. The fourth-order valence-corrected chi connectivity index (χ4v) is 5.85. The second kappa shape index (κ2) is 9.72. The van der Waals surface area contributed by atoms with Crippen LogP contribution in [0.2, 0.25) is 0 Å². The lowest BCUT2D eigenvalue weighted by atomic mass is 10.0. The molecule has 0 spiro atoms. The molecule has 3 heterocycles. The van der Waals surface area contributed by atoms with Gasteiger partial charge in [0, 0.05) is 47.7 Å². The van der Waals surface area contributed by atoms with Crippen LogP contribution in [0.1, 0.15) is 86.5 Å². The lowest BCUT2D eigenvalue weighted by Gasteiger charge is -2.24. The molecule has 6 rings (SSSR count). The SMILES string of the molecule is COc1ccc(N2C(=O)c3cc(CN4Cc5cnc(C(=O)O)cc5C4=O)ccc3C2C)cc1OC1CCCC1. The number of amides is 2. The number of hydrogen-bond acceptors (Lipinski definition) is 6. The minimum atomic E-state index is -1.17. The number of pyridine rings is 1. The van der Waals surface area contributed by atoms with Crippen molar-refractivity contribution >= 4 is 23.5 Å². The minimum absolute atomic E-state index is 0.109. The van der Waals surface area contributed by atoms with Gasteiger partial charge in [-0.3, -0.25) is 9.59 Å². The maximum atomic E-state index is 13.7. The van der Waals surface area contributed by atoms with Gasteiger partial charge in [0.2, 0.25) is 0 Å².